The topological polar surface area (TPSA) is 68.5 Å². The highest BCUT2D eigenvalue weighted by atomic mass is 16.5. The maximum absolute atomic E-state index is 12.3. The number of methoxy groups -OCH3 is 1. The van der Waals surface area contributed by atoms with Crippen LogP contribution in [0.2, 0.25) is 0 Å². The average molecular weight is 323 g/mol. The predicted molar refractivity (Wildman–Crippen MR) is 91.4 cm³/mol. The summed E-state index contributed by atoms with van der Waals surface area (Å²) < 4.78 is 10.7. The van der Waals surface area contributed by atoms with Gasteiger partial charge in [-0.05, 0) is 30.2 Å². The van der Waals surface area contributed by atoms with Crippen molar-refractivity contribution in [3.8, 4) is 5.75 Å². The first-order chi connectivity index (χ1) is 11.6. The molecule has 122 valence electrons. The molecular formula is C19H17NO4. The van der Waals surface area contributed by atoms with Gasteiger partial charge in [-0.25, -0.2) is 0 Å². The minimum Gasteiger partial charge on any atom is -0.497 e. The fourth-order valence-corrected chi connectivity index (χ4v) is 2.45. The minimum atomic E-state index is -0.430. The fourth-order valence-electron chi connectivity index (χ4n) is 2.45. The zero-order chi connectivity index (χ0) is 17.1. The molecule has 1 amide bonds. The van der Waals surface area contributed by atoms with Gasteiger partial charge in [0.1, 0.15) is 11.3 Å². The molecule has 0 bridgehead atoms. The van der Waals surface area contributed by atoms with Gasteiger partial charge in [0.2, 0.25) is 0 Å². The van der Waals surface area contributed by atoms with E-state index in [-0.39, 0.29) is 11.2 Å². The summed E-state index contributed by atoms with van der Waals surface area (Å²) in [5, 5.41) is 3.18. The molecule has 1 aromatic heterocycles. The number of carbonyl (C=O) groups is 1. The third-order valence-corrected chi connectivity index (χ3v) is 3.86. The molecule has 2 aromatic carbocycles. The molecule has 1 N–H and O–H groups in total. The maximum atomic E-state index is 12.3. The number of nitrogens with one attached hydrogen (secondary N) is 1. The summed E-state index contributed by atoms with van der Waals surface area (Å²) in [6.07, 6.45) is 0. The van der Waals surface area contributed by atoms with Crippen LogP contribution in [0.4, 0.5) is 0 Å². The molecule has 0 radical (unpaired) electrons. The van der Waals surface area contributed by atoms with Crippen molar-refractivity contribution in [3.63, 3.8) is 0 Å². The lowest BCUT2D eigenvalue weighted by Crippen LogP contribution is -2.24. The normalized spacial score (nSPS) is 10.6. The van der Waals surface area contributed by atoms with Gasteiger partial charge >= 0.3 is 0 Å². The van der Waals surface area contributed by atoms with E-state index in [1.54, 1.807) is 18.2 Å². The van der Waals surface area contributed by atoms with E-state index in [2.05, 4.69) is 5.32 Å². The molecule has 5 nitrogen and oxygen atoms in total. The van der Waals surface area contributed by atoms with Crippen molar-refractivity contribution in [1.29, 1.82) is 0 Å². The highest BCUT2D eigenvalue weighted by Gasteiger charge is 2.13. The standard InChI is InChI=1S/C19H17NO4/c1-12-5-3-4-6-13(12)11-20-19(22)18-10-16(21)15-8-7-14(23-2)9-17(15)24-18/h3-10H,11H2,1-2H3,(H,20,22). The molecular weight excluding hydrogens is 306 g/mol. The molecule has 3 aromatic rings. The molecule has 0 saturated heterocycles. The van der Waals surface area contributed by atoms with Gasteiger partial charge in [0.05, 0.1) is 12.5 Å². The SMILES string of the molecule is COc1ccc2c(=O)cc(C(=O)NCc3ccccc3C)oc2c1. The molecule has 0 fully saturated rings. The van der Waals surface area contributed by atoms with Crippen LogP contribution >= 0.6 is 0 Å². The second-order valence-electron chi connectivity index (χ2n) is 5.45. The third-order valence-electron chi connectivity index (χ3n) is 3.86. The zero-order valence-corrected chi connectivity index (χ0v) is 13.5. The van der Waals surface area contributed by atoms with Gasteiger partial charge < -0.3 is 14.5 Å². The molecule has 0 saturated carbocycles. The van der Waals surface area contributed by atoms with Crippen molar-refractivity contribution in [2.24, 2.45) is 0 Å². The van der Waals surface area contributed by atoms with Gasteiger partial charge in [0.25, 0.3) is 5.91 Å². The monoisotopic (exact) mass is 323 g/mol. The summed E-state index contributed by atoms with van der Waals surface area (Å²) in [5.74, 6) is 0.109. The number of ether oxygens (including phenoxy) is 1. The Kier molecular flexibility index (Phi) is 4.33. The van der Waals surface area contributed by atoms with E-state index in [9.17, 15) is 9.59 Å². The van der Waals surface area contributed by atoms with Gasteiger partial charge in [-0.1, -0.05) is 24.3 Å². The van der Waals surface area contributed by atoms with Gasteiger partial charge in [0, 0.05) is 18.7 Å². The highest BCUT2D eigenvalue weighted by molar-refractivity contribution is 5.93. The van der Waals surface area contributed by atoms with Crippen LogP contribution in [0.1, 0.15) is 21.7 Å². The molecule has 1 heterocycles. The van der Waals surface area contributed by atoms with Crippen LogP contribution in [0.15, 0.2) is 57.7 Å². The number of hydrogen-bond acceptors (Lipinski definition) is 4. The minimum absolute atomic E-state index is 0.0191. The summed E-state index contributed by atoms with van der Waals surface area (Å²) >= 11 is 0. The number of amides is 1. The Bertz CT molecular complexity index is 959. The molecule has 0 aliphatic carbocycles. The van der Waals surface area contributed by atoms with E-state index in [1.165, 1.54) is 13.2 Å². The molecule has 24 heavy (non-hydrogen) atoms. The van der Waals surface area contributed by atoms with Crippen molar-refractivity contribution in [3.05, 3.63) is 75.6 Å². The average Bonchev–Trinajstić information content (AvgIpc) is 2.60. The number of rotatable bonds is 4. The van der Waals surface area contributed by atoms with Crippen molar-refractivity contribution in [2.45, 2.75) is 13.5 Å². The Morgan fingerprint density at radius 1 is 1.17 bits per heavy atom. The van der Waals surface area contributed by atoms with Crippen LogP contribution in [0.5, 0.6) is 5.75 Å². The molecule has 0 aliphatic heterocycles. The summed E-state index contributed by atoms with van der Waals surface area (Å²) in [4.78, 5) is 24.5. The summed E-state index contributed by atoms with van der Waals surface area (Å²) in [7, 11) is 1.53. The maximum Gasteiger partial charge on any atom is 0.287 e. The zero-order valence-electron chi connectivity index (χ0n) is 13.5. The highest BCUT2D eigenvalue weighted by Crippen LogP contribution is 2.19. The van der Waals surface area contributed by atoms with E-state index in [0.29, 0.717) is 23.3 Å². The first kappa shape index (κ1) is 15.8. The van der Waals surface area contributed by atoms with E-state index < -0.39 is 5.91 Å². The van der Waals surface area contributed by atoms with Crippen LogP contribution in [-0.4, -0.2) is 13.0 Å². The van der Waals surface area contributed by atoms with E-state index in [1.807, 2.05) is 31.2 Å². The number of carbonyl (C=O) groups excluding carboxylic acids is 1. The molecule has 3 rings (SSSR count). The van der Waals surface area contributed by atoms with Crippen molar-refractivity contribution < 1.29 is 13.9 Å². The quantitative estimate of drug-likeness (QED) is 0.801. The fraction of sp³-hybridized carbons (Fsp3) is 0.158. The Morgan fingerprint density at radius 2 is 1.96 bits per heavy atom. The Balaban J connectivity index is 1.87. The van der Waals surface area contributed by atoms with Crippen LogP contribution in [0.3, 0.4) is 0 Å². The Labute approximate surface area is 138 Å². The lowest BCUT2D eigenvalue weighted by atomic mass is 10.1. The molecule has 0 unspecified atom stereocenters. The van der Waals surface area contributed by atoms with Gasteiger partial charge in [0.15, 0.2) is 11.2 Å². The van der Waals surface area contributed by atoms with E-state index in [0.717, 1.165) is 11.1 Å². The number of fused-ring (bicyclic) bond motifs is 1. The Morgan fingerprint density at radius 3 is 2.71 bits per heavy atom. The van der Waals surface area contributed by atoms with Crippen LogP contribution < -0.4 is 15.5 Å². The van der Waals surface area contributed by atoms with E-state index >= 15 is 0 Å². The number of benzene rings is 2. The van der Waals surface area contributed by atoms with Crippen LogP contribution in [-0.2, 0) is 6.54 Å². The van der Waals surface area contributed by atoms with Gasteiger partial charge in [-0.3, -0.25) is 9.59 Å². The third kappa shape index (κ3) is 3.15. The first-order valence-electron chi connectivity index (χ1n) is 7.53. The lowest BCUT2D eigenvalue weighted by Gasteiger charge is -2.08. The predicted octanol–water partition coefficient (Wildman–Crippen LogP) is 3.04. The van der Waals surface area contributed by atoms with Crippen molar-refractivity contribution >= 4 is 16.9 Å². The first-order valence-corrected chi connectivity index (χ1v) is 7.53. The van der Waals surface area contributed by atoms with Crippen LogP contribution in [0, 0.1) is 6.92 Å². The summed E-state index contributed by atoms with van der Waals surface area (Å²) in [5.41, 5.74) is 2.15. The molecule has 5 heteroatoms. The van der Waals surface area contributed by atoms with Gasteiger partial charge in [-0.2, -0.15) is 0 Å². The van der Waals surface area contributed by atoms with E-state index in [4.69, 9.17) is 9.15 Å². The number of aryl methyl sites for hydroxylation is 1. The molecule has 0 spiro atoms. The van der Waals surface area contributed by atoms with Crippen LogP contribution in [0.25, 0.3) is 11.0 Å². The Hall–Kier alpha value is -3.08. The second-order valence-corrected chi connectivity index (χ2v) is 5.45. The smallest absolute Gasteiger partial charge is 0.287 e. The second kappa shape index (κ2) is 6.58. The largest absolute Gasteiger partial charge is 0.497 e. The van der Waals surface area contributed by atoms with Crippen molar-refractivity contribution in [2.75, 3.05) is 7.11 Å². The van der Waals surface area contributed by atoms with Gasteiger partial charge in [-0.15, -0.1) is 0 Å². The summed E-state index contributed by atoms with van der Waals surface area (Å²) in [6, 6.07) is 13.9. The van der Waals surface area contributed by atoms with Crippen molar-refractivity contribution in [1.82, 2.24) is 5.32 Å². The number of hydrogen-bond donors (Lipinski definition) is 1. The molecule has 0 atom stereocenters. The summed E-state index contributed by atoms with van der Waals surface area (Å²) in [6.45, 7) is 2.34. The lowest BCUT2D eigenvalue weighted by molar-refractivity contribution is 0.0923. The molecule has 0 aliphatic rings.